The van der Waals surface area contributed by atoms with Gasteiger partial charge in [-0.1, -0.05) is 6.07 Å². The van der Waals surface area contributed by atoms with E-state index in [4.69, 9.17) is 36.3 Å². The molecule has 4 rings (SSSR count). The van der Waals surface area contributed by atoms with Crippen LogP contribution < -0.4 is 14.6 Å². The maximum atomic E-state index is 13.1. The van der Waals surface area contributed by atoms with E-state index >= 15 is 0 Å². The van der Waals surface area contributed by atoms with Gasteiger partial charge in [-0.2, -0.15) is 17.7 Å². The van der Waals surface area contributed by atoms with E-state index in [1.165, 1.54) is 23.4 Å². The third kappa shape index (κ3) is 8.29. The van der Waals surface area contributed by atoms with Crippen LogP contribution in [0.3, 0.4) is 0 Å². The monoisotopic (exact) mass is 629 g/mol. The Morgan fingerprint density at radius 1 is 1.10 bits per heavy atom. The Kier molecular flexibility index (Phi) is 10.2. The number of nitrogens with one attached hydrogen (secondary N) is 2. The fourth-order valence-electron chi connectivity index (χ4n) is 4.20. The SMILES string of the molecule is C#CC[n+]1c2c(cc3cc(NS(=O)(=O)c4cccc(NC(=S)OCC)c4)ccc31)CCCC2.O=S(=O)([O-])C(F)(F)F. The van der Waals surface area contributed by atoms with E-state index in [1.54, 1.807) is 18.2 Å². The number of nitrogens with zero attached hydrogens (tertiary/aromatic N) is 1. The first-order valence-corrected chi connectivity index (χ1v) is 15.5. The number of anilines is 2. The van der Waals surface area contributed by atoms with Crippen LogP contribution >= 0.6 is 12.2 Å². The highest BCUT2D eigenvalue weighted by molar-refractivity contribution is 7.92. The van der Waals surface area contributed by atoms with Gasteiger partial charge in [-0.3, -0.25) is 4.72 Å². The molecular weight excluding hydrogens is 603 g/mol. The van der Waals surface area contributed by atoms with Crippen molar-refractivity contribution in [3.05, 3.63) is 59.8 Å². The summed E-state index contributed by atoms with van der Waals surface area (Å²) in [5, 5.41) is 4.04. The minimum atomic E-state index is -6.09. The van der Waals surface area contributed by atoms with Gasteiger partial charge < -0.3 is 14.6 Å². The number of rotatable bonds is 6. The van der Waals surface area contributed by atoms with Gasteiger partial charge in [0.25, 0.3) is 15.2 Å². The van der Waals surface area contributed by atoms with E-state index in [9.17, 15) is 21.6 Å². The molecule has 0 saturated carbocycles. The normalized spacial score (nSPS) is 13.3. The van der Waals surface area contributed by atoms with E-state index in [0.717, 1.165) is 36.6 Å². The molecule has 0 amide bonds. The van der Waals surface area contributed by atoms with Crippen LogP contribution in [0.25, 0.3) is 10.9 Å². The molecule has 1 aliphatic carbocycles. The van der Waals surface area contributed by atoms with Crippen molar-refractivity contribution in [3.63, 3.8) is 0 Å². The van der Waals surface area contributed by atoms with Crippen molar-refractivity contribution in [2.75, 3.05) is 16.6 Å². The Morgan fingerprint density at radius 2 is 1.78 bits per heavy atom. The Hall–Kier alpha value is -3.45. The van der Waals surface area contributed by atoms with Gasteiger partial charge in [0.2, 0.25) is 12.1 Å². The van der Waals surface area contributed by atoms with Crippen LogP contribution in [0.5, 0.6) is 0 Å². The molecule has 3 aromatic rings. The molecule has 0 fully saturated rings. The zero-order valence-corrected chi connectivity index (χ0v) is 24.1. The highest BCUT2D eigenvalue weighted by Gasteiger charge is 2.37. The molecule has 9 nitrogen and oxygen atoms in total. The van der Waals surface area contributed by atoms with E-state index in [1.807, 2.05) is 19.1 Å². The van der Waals surface area contributed by atoms with Crippen molar-refractivity contribution in [3.8, 4) is 12.3 Å². The van der Waals surface area contributed by atoms with E-state index < -0.39 is 25.6 Å². The second-order valence-electron chi connectivity index (χ2n) is 8.77. The number of thiocarbonyl (C=S) groups is 1. The number of halogens is 3. The number of hydrogen-bond donors (Lipinski definition) is 2. The lowest BCUT2D eigenvalue weighted by Crippen LogP contribution is -2.41. The van der Waals surface area contributed by atoms with Crippen molar-refractivity contribution < 1.29 is 43.9 Å². The van der Waals surface area contributed by atoms with Crippen LogP contribution in [0.15, 0.2) is 53.4 Å². The van der Waals surface area contributed by atoms with Crippen LogP contribution in [0.4, 0.5) is 24.5 Å². The molecule has 15 heteroatoms. The molecular formula is C26H26F3N3O6S3. The summed E-state index contributed by atoms with van der Waals surface area (Å²) in [5.41, 5.74) is -1.03. The van der Waals surface area contributed by atoms with Crippen LogP contribution in [0, 0.1) is 12.3 Å². The molecule has 220 valence electrons. The number of aryl methyl sites for hydroxylation is 1. The summed E-state index contributed by atoms with van der Waals surface area (Å²) in [4.78, 5) is 0.125. The van der Waals surface area contributed by atoms with E-state index in [2.05, 4.69) is 26.6 Å². The Balaban J connectivity index is 0.000000507. The standard InChI is InChI=1S/C25H25N3O3S2.CHF3O3S/c1-3-14-28-23-11-6-5-8-18(23)15-19-16-21(12-13-24(19)28)27-33(29,30)22-10-7-9-20(17-22)26-25(32)31-4-2;2-1(3,4)8(5,6)7/h1,7,9-10,12-13,15-17,27H,4-6,8,11,14H2,2H3;(H,5,6,7). The molecule has 0 bridgehead atoms. The van der Waals surface area contributed by atoms with Crippen molar-refractivity contribution >= 4 is 59.8 Å². The summed E-state index contributed by atoms with van der Waals surface area (Å²) in [7, 11) is -9.89. The molecule has 1 aromatic heterocycles. The third-order valence-electron chi connectivity index (χ3n) is 5.91. The summed E-state index contributed by atoms with van der Waals surface area (Å²) < 4.78 is 95.1. The molecule has 2 aromatic carbocycles. The van der Waals surface area contributed by atoms with E-state index in [-0.39, 0.29) is 10.1 Å². The topological polar surface area (TPSA) is 129 Å². The fraction of sp³-hybridized carbons (Fsp3) is 0.308. The summed E-state index contributed by atoms with van der Waals surface area (Å²) >= 11 is 5.08. The summed E-state index contributed by atoms with van der Waals surface area (Å²) in [6, 6.07) is 14.2. The first-order chi connectivity index (χ1) is 19.2. The zero-order valence-electron chi connectivity index (χ0n) is 21.7. The Labute approximate surface area is 241 Å². The zero-order chi connectivity index (χ0) is 30.4. The predicted octanol–water partition coefficient (Wildman–Crippen LogP) is 4.22. The number of terminal acetylenes is 1. The van der Waals surface area contributed by atoms with Gasteiger partial charge in [-0.25, -0.2) is 16.8 Å². The molecule has 0 atom stereocenters. The van der Waals surface area contributed by atoms with Crippen molar-refractivity contribution in [2.24, 2.45) is 0 Å². The average molecular weight is 630 g/mol. The van der Waals surface area contributed by atoms with Crippen molar-refractivity contribution in [2.45, 2.75) is 49.6 Å². The Bertz CT molecular complexity index is 1700. The van der Waals surface area contributed by atoms with Gasteiger partial charge in [0.05, 0.1) is 11.5 Å². The largest absolute Gasteiger partial charge is 0.741 e. The predicted molar refractivity (Wildman–Crippen MR) is 150 cm³/mol. The highest BCUT2D eigenvalue weighted by atomic mass is 32.2. The fourth-order valence-corrected chi connectivity index (χ4v) is 5.53. The number of fused-ring (bicyclic) bond motifs is 2. The van der Waals surface area contributed by atoms with Gasteiger partial charge in [0.1, 0.15) is 0 Å². The third-order valence-corrected chi connectivity index (χ3v) is 8.07. The number of alkyl halides is 3. The maximum Gasteiger partial charge on any atom is 0.485 e. The molecule has 0 unspecified atom stereocenters. The molecule has 0 saturated heterocycles. The van der Waals surface area contributed by atoms with Gasteiger partial charge in [-0.05, 0) is 80.7 Å². The highest BCUT2D eigenvalue weighted by Crippen LogP contribution is 2.26. The van der Waals surface area contributed by atoms with Gasteiger partial charge >= 0.3 is 5.51 Å². The second kappa shape index (κ2) is 13.0. The van der Waals surface area contributed by atoms with E-state index in [0.29, 0.717) is 24.5 Å². The molecule has 0 radical (unpaired) electrons. The van der Waals surface area contributed by atoms with Crippen LogP contribution in [0.2, 0.25) is 0 Å². The van der Waals surface area contributed by atoms with Crippen LogP contribution in [-0.4, -0.2) is 38.7 Å². The molecule has 0 spiro atoms. The number of benzene rings is 2. The number of pyridine rings is 1. The minimum Gasteiger partial charge on any atom is -0.741 e. The van der Waals surface area contributed by atoms with Crippen LogP contribution in [-0.2, 0) is 44.3 Å². The number of ether oxygens (including phenoxy) is 1. The lowest BCUT2D eigenvalue weighted by Gasteiger charge is -2.16. The van der Waals surface area contributed by atoms with Crippen LogP contribution in [0.1, 0.15) is 31.0 Å². The first kappa shape index (κ1) is 32.1. The van der Waals surface area contributed by atoms with Gasteiger partial charge in [0.15, 0.2) is 15.8 Å². The molecule has 41 heavy (non-hydrogen) atoms. The number of aromatic nitrogens is 1. The molecule has 0 aliphatic heterocycles. The second-order valence-corrected chi connectivity index (χ2v) is 12.2. The molecule has 2 N–H and O–H groups in total. The summed E-state index contributed by atoms with van der Waals surface area (Å²) in [6.45, 7) is 2.75. The van der Waals surface area contributed by atoms with Crippen molar-refractivity contribution in [1.82, 2.24) is 0 Å². The van der Waals surface area contributed by atoms with Gasteiger partial charge in [-0.15, -0.1) is 6.42 Å². The summed E-state index contributed by atoms with van der Waals surface area (Å²) in [5.74, 6) is 2.75. The van der Waals surface area contributed by atoms with Gasteiger partial charge in [0, 0.05) is 34.8 Å². The smallest absolute Gasteiger partial charge is 0.485 e. The quantitative estimate of drug-likeness (QED) is 0.136. The lowest BCUT2D eigenvalue weighted by molar-refractivity contribution is -0.667. The number of sulfonamides is 1. The molecule has 1 aliphatic rings. The van der Waals surface area contributed by atoms with Crippen molar-refractivity contribution in [1.29, 1.82) is 0 Å². The minimum absolute atomic E-state index is 0.125. The summed E-state index contributed by atoms with van der Waals surface area (Å²) in [6.07, 6.45) is 9.97. The lowest BCUT2D eigenvalue weighted by atomic mass is 9.94. The Morgan fingerprint density at radius 3 is 2.41 bits per heavy atom. The number of hydrogen-bond acceptors (Lipinski definition) is 7. The first-order valence-electron chi connectivity index (χ1n) is 12.2. The molecule has 1 heterocycles. The maximum absolute atomic E-state index is 13.1. The average Bonchev–Trinajstić information content (AvgIpc) is 2.88.